The molecule has 0 spiro atoms. The molecule has 150 valence electrons. The van der Waals surface area contributed by atoms with Crippen molar-refractivity contribution >= 4 is 22.5 Å². The zero-order valence-electron chi connectivity index (χ0n) is 17.3. The number of rotatable bonds is 4. The number of hydrogen-bond donors (Lipinski definition) is 1. The van der Waals surface area contributed by atoms with Crippen LogP contribution in [-0.2, 0) is 4.79 Å². The number of carbonyl (C=O) groups excluding carboxylic acids is 1. The molecule has 3 heterocycles. The fraction of sp³-hybridized carbons (Fsp3) is 0.565. The van der Waals surface area contributed by atoms with Crippen LogP contribution in [0.1, 0.15) is 31.7 Å². The van der Waals surface area contributed by atoms with Crippen molar-refractivity contribution in [1.29, 1.82) is 0 Å². The van der Waals surface area contributed by atoms with Gasteiger partial charge in [-0.2, -0.15) is 0 Å². The Bertz CT molecular complexity index is 852. The molecule has 2 saturated heterocycles. The highest BCUT2D eigenvalue weighted by Gasteiger charge is 2.32. The first-order chi connectivity index (χ1) is 13.5. The molecular formula is C23H32N4O. The molecule has 0 bridgehead atoms. The summed E-state index contributed by atoms with van der Waals surface area (Å²) < 4.78 is 0. The van der Waals surface area contributed by atoms with E-state index in [1.165, 1.54) is 29.5 Å². The van der Waals surface area contributed by atoms with Crippen LogP contribution in [0.25, 0.3) is 10.9 Å². The second-order valence-corrected chi connectivity index (χ2v) is 8.83. The largest absolute Gasteiger partial charge is 0.369 e. The Kier molecular flexibility index (Phi) is 5.54. The Morgan fingerprint density at radius 3 is 2.93 bits per heavy atom. The third kappa shape index (κ3) is 4.00. The Morgan fingerprint density at radius 2 is 2.11 bits per heavy atom. The number of pyridine rings is 1. The first kappa shape index (κ1) is 19.2. The van der Waals surface area contributed by atoms with Gasteiger partial charge in [-0.15, -0.1) is 0 Å². The third-order valence-electron chi connectivity index (χ3n) is 6.44. The molecule has 0 radical (unpaired) electrons. The summed E-state index contributed by atoms with van der Waals surface area (Å²) in [6, 6.07) is 8.72. The van der Waals surface area contributed by atoms with Crippen LogP contribution >= 0.6 is 0 Å². The summed E-state index contributed by atoms with van der Waals surface area (Å²) in [6.45, 7) is 8.38. The van der Waals surface area contributed by atoms with E-state index in [-0.39, 0.29) is 11.9 Å². The van der Waals surface area contributed by atoms with Gasteiger partial charge in [-0.1, -0.05) is 13.0 Å². The fourth-order valence-corrected chi connectivity index (χ4v) is 4.89. The van der Waals surface area contributed by atoms with Crippen LogP contribution < -0.4 is 10.2 Å². The van der Waals surface area contributed by atoms with Crippen LogP contribution in [0.5, 0.6) is 0 Å². The van der Waals surface area contributed by atoms with E-state index in [1.54, 1.807) is 0 Å². The highest BCUT2D eigenvalue weighted by Crippen LogP contribution is 2.32. The molecule has 0 aliphatic carbocycles. The van der Waals surface area contributed by atoms with Crippen LogP contribution in [0.4, 0.5) is 5.69 Å². The quantitative estimate of drug-likeness (QED) is 0.885. The van der Waals surface area contributed by atoms with Gasteiger partial charge in [0, 0.05) is 43.3 Å². The minimum Gasteiger partial charge on any atom is -0.369 e. The lowest BCUT2D eigenvalue weighted by molar-refractivity contribution is -0.123. The fourth-order valence-electron chi connectivity index (χ4n) is 4.89. The molecular weight excluding hydrogens is 348 g/mol. The van der Waals surface area contributed by atoms with E-state index in [4.69, 9.17) is 0 Å². The number of anilines is 1. The standard InChI is InChI=1S/C23H32N4O/c1-16-8-9-21(19-7-4-10-24-23(16)19)27-13-17(2)20(15-27)25-22(28)12-18-6-5-11-26(3)14-18/h4,7-10,17-18,20H,5-6,11-15H2,1-3H3,(H,25,28)/t17-,18?,20+/m1/s1. The first-order valence-electron chi connectivity index (χ1n) is 10.6. The van der Waals surface area contributed by atoms with Gasteiger partial charge in [0.25, 0.3) is 0 Å². The summed E-state index contributed by atoms with van der Waals surface area (Å²) in [5.74, 6) is 1.15. The Morgan fingerprint density at radius 1 is 1.25 bits per heavy atom. The van der Waals surface area contributed by atoms with E-state index >= 15 is 0 Å². The molecule has 2 aromatic rings. The van der Waals surface area contributed by atoms with Gasteiger partial charge >= 0.3 is 0 Å². The number of piperidine rings is 1. The van der Waals surface area contributed by atoms with Crippen molar-refractivity contribution in [3.8, 4) is 0 Å². The minimum absolute atomic E-state index is 0.210. The lowest BCUT2D eigenvalue weighted by Gasteiger charge is -2.29. The van der Waals surface area contributed by atoms with Gasteiger partial charge < -0.3 is 15.1 Å². The predicted molar refractivity (Wildman–Crippen MR) is 115 cm³/mol. The molecule has 1 N–H and O–H groups in total. The van der Waals surface area contributed by atoms with Gasteiger partial charge in [-0.3, -0.25) is 9.78 Å². The molecule has 1 unspecified atom stereocenters. The van der Waals surface area contributed by atoms with Crippen LogP contribution in [0, 0.1) is 18.8 Å². The number of benzene rings is 1. The molecule has 0 saturated carbocycles. The number of fused-ring (bicyclic) bond motifs is 1. The van der Waals surface area contributed by atoms with E-state index < -0.39 is 0 Å². The summed E-state index contributed by atoms with van der Waals surface area (Å²) >= 11 is 0. The van der Waals surface area contributed by atoms with Crippen molar-refractivity contribution in [2.75, 3.05) is 38.1 Å². The minimum atomic E-state index is 0.210. The van der Waals surface area contributed by atoms with Gasteiger partial charge in [0.05, 0.1) is 11.6 Å². The smallest absolute Gasteiger partial charge is 0.220 e. The van der Waals surface area contributed by atoms with Gasteiger partial charge in [0.15, 0.2) is 0 Å². The van der Waals surface area contributed by atoms with Crippen molar-refractivity contribution in [3.05, 3.63) is 36.0 Å². The zero-order valence-corrected chi connectivity index (χ0v) is 17.3. The predicted octanol–water partition coefficient (Wildman–Crippen LogP) is 3.22. The number of nitrogens with zero attached hydrogens (tertiary/aromatic N) is 3. The zero-order chi connectivity index (χ0) is 19.7. The Hall–Kier alpha value is -2.14. The number of aromatic nitrogens is 1. The molecule has 2 aliphatic heterocycles. The second-order valence-electron chi connectivity index (χ2n) is 8.83. The molecule has 2 aliphatic rings. The highest BCUT2D eigenvalue weighted by molar-refractivity contribution is 5.94. The first-order valence-corrected chi connectivity index (χ1v) is 10.6. The highest BCUT2D eigenvalue weighted by atomic mass is 16.1. The van der Waals surface area contributed by atoms with E-state index in [2.05, 4.69) is 59.2 Å². The molecule has 2 fully saturated rings. The molecule has 4 rings (SSSR count). The molecule has 1 aromatic heterocycles. The number of amides is 1. The van der Waals surface area contributed by atoms with Crippen LogP contribution in [0.15, 0.2) is 30.5 Å². The van der Waals surface area contributed by atoms with Crippen molar-refractivity contribution in [3.63, 3.8) is 0 Å². The van der Waals surface area contributed by atoms with Gasteiger partial charge in [-0.05, 0) is 69.0 Å². The monoisotopic (exact) mass is 380 g/mol. The van der Waals surface area contributed by atoms with E-state index in [1.807, 2.05) is 12.3 Å². The number of likely N-dealkylation sites (tertiary alicyclic amines) is 1. The molecule has 3 atom stereocenters. The average molecular weight is 381 g/mol. The Balaban J connectivity index is 1.42. The number of aryl methyl sites for hydroxylation is 1. The Labute approximate surface area is 168 Å². The van der Waals surface area contributed by atoms with E-state index in [0.29, 0.717) is 18.3 Å². The molecule has 1 aromatic carbocycles. The van der Waals surface area contributed by atoms with E-state index in [9.17, 15) is 4.79 Å². The average Bonchev–Trinajstić information content (AvgIpc) is 3.02. The topological polar surface area (TPSA) is 48.5 Å². The summed E-state index contributed by atoms with van der Waals surface area (Å²) in [6.07, 6.45) is 4.89. The molecule has 5 heteroatoms. The maximum Gasteiger partial charge on any atom is 0.220 e. The molecule has 5 nitrogen and oxygen atoms in total. The van der Waals surface area contributed by atoms with Crippen LogP contribution in [0.2, 0.25) is 0 Å². The summed E-state index contributed by atoms with van der Waals surface area (Å²) in [7, 11) is 2.15. The summed E-state index contributed by atoms with van der Waals surface area (Å²) in [4.78, 5) is 22.0. The van der Waals surface area contributed by atoms with Crippen molar-refractivity contribution in [2.24, 2.45) is 11.8 Å². The van der Waals surface area contributed by atoms with Gasteiger partial charge in [0.2, 0.25) is 5.91 Å². The van der Waals surface area contributed by atoms with Crippen LogP contribution in [0.3, 0.4) is 0 Å². The lowest BCUT2D eigenvalue weighted by Crippen LogP contribution is -2.42. The molecule has 1 amide bonds. The van der Waals surface area contributed by atoms with Gasteiger partial charge in [0.1, 0.15) is 0 Å². The third-order valence-corrected chi connectivity index (χ3v) is 6.44. The SMILES string of the molecule is Cc1ccc(N2C[C@@H](C)[C@@H](NC(=O)CC3CCCN(C)C3)C2)c2cccnc12. The molecule has 28 heavy (non-hydrogen) atoms. The lowest BCUT2D eigenvalue weighted by atomic mass is 9.94. The maximum atomic E-state index is 12.7. The van der Waals surface area contributed by atoms with Crippen molar-refractivity contribution in [1.82, 2.24) is 15.2 Å². The van der Waals surface area contributed by atoms with Crippen LogP contribution in [-0.4, -0.2) is 55.1 Å². The van der Waals surface area contributed by atoms with E-state index in [0.717, 1.165) is 31.7 Å². The normalized spacial score (nSPS) is 26.0. The number of nitrogens with one attached hydrogen (secondary N) is 1. The van der Waals surface area contributed by atoms with Gasteiger partial charge in [-0.25, -0.2) is 0 Å². The number of carbonyl (C=O) groups is 1. The number of hydrogen-bond acceptors (Lipinski definition) is 4. The van der Waals surface area contributed by atoms with Crippen molar-refractivity contribution in [2.45, 2.75) is 39.2 Å². The summed E-state index contributed by atoms with van der Waals surface area (Å²) in [5, 5.41) is 4.54. The maximum absolute atomic E-state index is 12.7. The second kappa shape index (κ2) is 8.08. The summed E-state index contributed by atoms with van der Waals surface area (Å²) in [5.41, 5.74) is 3.50. The van der Waals surface area contributed by atoms with Crippen molar-refractivity contribution < 1.29 is 4.79 Å².